The van der Waals surface area contributed by atoms with E-state index in [1.165, 1.54) is 5.56 Å². The van der Waals surface area contributed by atoms with Crippen LogP contribution in [0.1, 0.15) is 26.3 Å². The van der Waals surface area contributed by atoms with E-state index >= 15 is 0 Å². The summed E-state index contributed by atoms with van der Waals surface area (Å²) in [4.78, 5) is 0. The van der Waals surface area contributed by atoms with Crippen LogP contribution >= 0.6 is 0 Å². The third-order valence-electron chi connectivity index (χ3n) is 4.29. The number of methoxy groups -OCH3 is 1. The Morgan fingerprint density at radius 3 is 2.45 bits per heavy atom. The van der Waals surface area contributed by atoms with Crippen molar-refractivity contribution < 1.29 is 13.9 Å². The average Bonchev–Trinajstić information content (AvgIpc) is 3.13. The summed E-state index contributed by atoms with van der Waals surface area (Å²) in [6.07, 6.45) is 1.25. The summed E-state index contributed by atoms with van der Waals surface area (Å²) in [5.41, 5.74) is 1.19. The lowest BCUT2D eigenvalue weighted by Crippen LogP contribution is -2.44. The molecular weight excluding hydrogens is 268 g/mol. The Kier molecular flexibility index (Phi) is 4.16. The number of ether oxygens (including phenoxy) is 2. The standard InChI is InChI=1S/C16H26O3Si/c1-16(2,3)20(5,6)19-15-8-7-13(17-4)9-12(15)10-14-11-18-14/h7-9,14H,10-11H2,1-6H3. The normalized spacial score (nSPS) is 18.8. The minimum absolute atomic E-state index is 0.195. The molecule has 1 atom stereocenters. The highest BCUT2D eigenvalue weighted by molar-refractivity contribution is 6.74. The zero-order chi connectivity index (χ0) is 15.0. The van der Waals surface area contributed by atoms with Crippen LogP contribution in [0.4, 0.5) is 0 Å². The van der Waals surface area contributed by atoms with Crippen molar-refractivity contribution in [1.82, 2.24) is 0 Å². The van der Waals surface area contributed by atoms with E-state index < -0.39 is 8.32 Å². The van der Waals surface area contributed by atoms with E-state index in [9.17, 15) is 0 Å². The first kappa shape index (κ1) is 15.4. The predicted molar refractivity (Wildman–Crippen MR) is 84.3 cm³/mol. The van der Waals surface area contributed by atoms with Gasteiger partial charge >= 0.3 is 0 Å². The molecule has 1 aliphatic rings. The average molecular weight is 294 g/mol. The molecular formula is C16H26O3Si. The molecule has 0 aliphatic carbocycles. The molecule has 1 aliphatic heterocycles. The summed E-state index contributed by atoms with van der Waals surface area (Å²) in [7, 11) is -0.121. The van der Waals surface area contributed by atoms with Gasteiger partial charge in [0.05, 0.1) is 19.8 Å². The maximum absolute atomic E-state index is 6.45. The van der Waals surface area contributed by atoms with Gasteiger partial charge in [-0.15, -0.1) is 0 Å². The third kappa shape index (κ3) is 3.55. The van der Waals surface area contributed by atoms with E-state index in [-0.39, 0.29) is 5.04 Å². The molecule has 1 unspecified atom stereocenters. The molecule has 0 N–H and O–H groups in total. The summed E-state index contributed by atoms with van der Waals surface area (Å²) >= 11 is 0. The molecule has 1 fully saturated rings. The van der Waals surface area contributed by atoms with E-state index in [0.717, 1.165) is 24.5 Å². The first-order valence-electron chi connectivity index (χ1n) is 7.20. The van der Waals surface area contributed by atoms with E-state index in [1.807, 2.05) is 12.1 Å². The van der Waals surface area contributed by atoms with E-state index in [1.54, 1.807) is 7.11 Å². The summed E-state index contributed by atoms with van der Waals surface area (Å²) in [5.74, 6) is 1.87. The smallest absolute Gasteiger partial charge is 0.250 e. The van der Waals surface area contributed by atoms with Gasteiger partial charge in [-0.2, -0.15) is 0 Å². The Morgan fingerprint density at radius 2 is 1.95 bits per heavy atom. The highest BCUT2D eigenvalue weighted by atomic mass is 28.4. The second-order valence-electron chi connectivity index (χ2n) is 7.00. The van der Waals surface area contributed by atoms with Crippen LogP contribution in [0.2, 0.25) is 18.1 Å². The van der Waals surface area contributed by atoms with Gasteiger partial charge in [-0.25, -0.2) is 0 Å². The van der Waals surface area contributed by atoms with Crippen LogP contribution in [0.3, 0.4) is 0 Å². The molecule has 20 heavy (non-hydrogen) atoms. The van der Waals surface area contributed by atoms with Crippen LogP contribution < -0.4 is 9.16 Å². The zero-order valence-corrected chi connectivity index (χ0v) is 14.4. The molecule has 0 radical (unpaired) electrons. The van der Waals surface area contributed by atoms with Gasteiger partial charge in [0.1, 0.15) is 11.5 Å². The van der Waals surface area contributed by atoms with Gasteiger partial charge in [0, 0.05) is 6.42 Å². The third-order valence-corrected chi connectivity index (χ3v) is 8.63. The monoisotopic (exact) mass is 294 g/mol. The summed E-state index contributed by atoms with van der Waals surface area (Å²) in [5, 5.41) is 0.195. The largest absolute Gasteiger partial charge is 0.543 e. The first-order valence-corrected chi connectivity index (χ1v) is 10.1. The maximum atomic E-state index is 6.45. The quantitative estimate of drug-likeness (QED) is 0.607. The fraction of sp³-hybridized carbons (Fsp3) is 0.625. The van der Waals surface area contributed by atoms with Gasteiger partial charge in [0.15, 0.2) is 0 Å². The maximum Gasteiger partial charge on any atom is 0.250 e. The van der Waals surface area contributed by atoms with E-state index in [0.29, 0.717) is 6.10 Å². The molecule has 1 saturated heterocycles. The van der Waals surface area contributed by atoms with Gasteiger partial charge in [-0.3, -0.25) is 0 Å². The van der Waals surface area contributed by atoms with Crippen LogP contribution in [-0.4, -0.2) is 28.1 Å². The molecule has 1 aromatic carbocycles. The number of epoxide rings is 1. The van der Waals surface area contributed by atoms with Crippen LogP contribution in [0.5, 0.6) is 11.5 Å². The van der Waals surface area contributed by atoms with Crippen molar-refractivity contribution in [2.45, 2.75) is 51.4 Å². The summed E-state index contributed by atoms with van der Waals surface area (Å²) in [6, 6.07) is 6.08. The number of rotatable bonds is 5. The summed E-state index contributed by atoms with van der Waals surface area (Å²) in [6.45, 7) is 12.2. The van der Waals surface area contributed by atoms with Crippen molar-refractivity contribution >= 4 is 8.32 Å². The molecule has 3 nitrogen and oxygen atoms in total. The minimum atomic E-state index is -1.82. The fourth-order valence-corrected chi connectivity index (χ4v) is 2.86. The van der Waals surface area contributed by atoms with Gasteiger partial charge in [-0.1, -0.05) is 20.8 Å². The first-order chi connectivity index (χ1) is 9.23. The highest BCUT2D eigenvalue weighted by Crippen LogP contribution is 2.39. The van der Waals surface area contributed by atoms with Gasteiger partial charge in [-0.05, 0) is 41.9 Å². The highest BCUT2D eigenvalue weighted by Gasteiger charge is 2.39. The number of hydrogen-bond donors (Lipinski definition) is 0. The Labute approximate surface area is 123 Å². The second-order valence-corrected chi connectivity index (χ2v) is 11.7. The van der Waals surface area contributed by atoms with Gasteiger partial charge in [0.25, 0.3) is 0 Å². The molecule has 112 valence electrons. The minimum Gasteiger partial charge on any atom is -0.543 e. The van der Waals surface area contributed by atoms with Crippen molar-refractivity contribution in [2.24, 2.45) is 0 Å². The van der Waals surface area contributed by atoms with Crippen molar-refractivity contribution in [3.8, 4) is 11.5 Å². The van der Waals surface area contributed by atoms with Gasteiger partial charge in [0.2, 0.25) is 8.32 Å². The molecule has 0 aromatic heterocycles. The summed E-state index contributed by atoms with van der Waals surface area (Å²) < 4.78 is 17.1. The van der Waals surface area contributed by atoms with Crippen molar-refractivity contribution in [1.29, 1.82) is 0 Å². The van der Waals surface area contributed by atoms with Crippen LogP contribution in [0.15, 0.2) is 18.2 Å². The lowest BCUT2D eigenvalue weighted by Gasteiger charge is -2.37. The van der Waals surface area contributed by atoms with Crippen molar-refractivity contribution in [2.75, 3.05) is 13.7 Å². The molecule has 0 bridgehead atoms. The zero-order valence-electron chi connectivity index (χ0n) is 13.4. The Morgan fingerprint density at radius 1 is 1.30 bits per heavy atom. The Balaban J connectivity index is 2.25. The lowest BCUT2D eigenvalue weighted by molar-refractivity contribution is 0.399. The Hall–Kier alpha value is -1.00. The molecule has 2 rings (SSSR count). The second kappa shape index (κ2) is 5.41. The molecule has 0 amide bonds. The van der Waals surface area contributed by atoms with Crippen molar-refractivity contribution in [3.63, 3.8) is 0 Å². The number of hydrogen-bond acceptors (Lipinski definition) is 3. The van der Waals surface area contributed by atoms with Crippen LogP contribution in [-0.2, 0) is 11.2 Å². The molecule has 1 aromatic rings. The molecule has 1 heterocycles. The van der Waals surface area contributed by atoms with E-state index in [2.05, 4.69) is 39.9 Å². The van der Waals surface area contributed by atoms with Crippen LogP contribution in [0, 0.1) is 0 Å². The molecule has 0 saturated carbocycles. The predicted octanol–water partition coefficient (Wildman–Crippen LogP) is 4.02. The Bertz CT molecular complexity index is 473. The van der Waals surface area contributed by atoms with E-state index in [4.69, 9.17) is 13.9 Å². The fourth-order valence-electron chi connectivity index (χ4n) is 1.80. The van der Waals surface area contributed by atoms with Gasteiger partial charge < -0.3 is 13.9 Å². The molecule has 4 heteroatoms. The number of benzene rings is 1. The SMILES string of the molecule is COc1ccc(O[Si](C)(C)C(C)(C)C)c(CC2CO2)c1. The lowest BCUT2D eigenvalue weighted by atomic mass is 10.1. The topological polar surface area (TPSA) is 31.0 Å². The van der Waals surface area contributed by atoms with Crippen molar-refractivity contribution in [3.05, 3.63) is 23.8 Å². The van der Waals surface area contributed by atoms with Crippen LogP contribution in [0.25, 0.3) is 0 Å². The molecule has 0 spiro atoms.